The van der Waals surface area contributed by atoms with Crippen LogP contribution in [-0.4, -0.2) is 41.3 Å². The lowest BCUT2D eigenvalue weighted by Gasteiger charge is -2.22. The van der Waals surface area contributed by atoms with Gasteiger partial charge in [0.05, 0.1) is 27.5 Å². The first-order chi connectivity index (χ1) is 16.8. The number of rotatable bonds is 9. The minimum atomic E-state index is -3.98. The molecule has 3 aromatic carbocycles. The van der Waals surface area contributed by atoms with Crippen molar-refractivity contribution in [3.8, 4) is 0 Å². The maximum atomic E-state index is 12.7. The van der Waals surface area contributed by atoms with E-state index in [9.17, 15) is 26.4 Å². The number of ketones is 1. The first kappa shape index (κ1) is 27.5. The molecule has 0 aliphatic rings. The number of hydrogen-bond acceptors (Lipinski definition) is 6. The van der Waals surface area contributed by atoms with Crippen LogP contribution in [0.2, 0.25) is 10.0 Å². The third-order valence-corrected chi connectivity index (χ3v) is 7.92. The summed E-state index contributed by atoms with van der Waals surface area (Å²) in [4.78, 5) is 24.2. The molecule has 9 nitrogen and oxygen atoms in total. The van der Waals surface area contributed by atoms with E-state index in [4.69, 9.17) is 23.2 Å². The topological polar surface area (TPSA) is 130 Å². The molecule has 0 heterocycles. The fraction of sp³-hybridized carbons (Fsp3) is 0.130. The van der Waals surface area contributed by atoms with Gasteiger partial charge in [-0.25, -0.2) is 16.8 Å². The zero-order chi connectivity index (χ0) is 26.7. The van der Waals surface area contributed by atoms with E-state index in [2.05, 4.69) is 10.0 Å². The maximum absolute atomic E-state index is 12.7. The fourth-order valence-corrected chi connectivity index (χ4v) is 5.54. The normalized spacial score (nSPS) is 11.6. The Labute approximate surface area is 219 Å². The molecular weight excluding hydrogens is 549 g/mol. The zero-order valence-electron chi connectivity index (χ0n) is 19.0. The number of anilines is 3. The molecule has 190 valence electrons. The van der Waals surface area contributed by atoms with Crippen LogP contribution in [0.4, 0.5) is 17.1 Å². The van der Waals surface area contributed by atoms with E-state index in [1.807, 2.05) is 0 Å². The molecule has 0 aromatic heterocycles. The van der Waals surface area contributed by atoms with E-state index in [1.165, 1.54) is 73.7 Å². The van der Waals surface area contributed by atoms with Gasteiger partial charge >= 0.3 is 0 Å². The lowest BCUT2D eigenvalue weighted by molar-refractivity contribution is -0.114. The van der Waals surface area contributed by atoms with Gasteiger partial charge in [-0.2, -0.15) is 0 Å². The van der Waals surface area contributed by atoms with Crippen LogP contribution in [0.15, 0.2) is 71.6 Å². The molecule has 0 bridgehead atoms. The molecule has 0 aliphatic carbocycles. The second-order valence-electron chi connectivity index (χ2n) is 7.68. The molecule has 0 unspecified atom stereocenters. The second kappa shape index (κ2) is 10.9. The van der Waals surface area contributed by atoms with Crippen molar-refractivity contribution >= 4 is 72.0 Å². The van der Waals surface area contributed by atoms with Crippen LogP contribution >= 0.6 is 23.2 Å². The summed E-state index contributed by atoms with van der Waals surface area (Å²) in [5, 5.41) is 3.01. The molecule has 0 saturated heterocycles. The fourth-order valence-electron chi connectivity index (χ4n) is 3.10. The first-order valence-corrected chi connectivity index (χ1v) is 14.3. The molecule has 0 spiro atoms. The summed E-state index contributed by atoms with van der Waals surface area (Å²) in [6.45, 7) is 0.789. The van der Waals surface area contributed by atoms with Crippen molar-refractivity contribution in [2.24, 2.45) is 0 Å². The van der Waals surface area contributed by atoms with Crippen molar-refractivity contribution in [1.29, 1.82) is 0 Å². The van der Waals surface area contributed by atoms with Gasteiger partial charge < -0.3 is 5.32 Å². The molecule has 0 aliphatic heterocycles. The van der Waals surface area contributed by atoms with Crippen LogP contribution in [0.3, 0.4) is 0 Å². The van der Waals surface area contributed by atoms with Gasteiger partial charge in [0.1, 0.15) is 6.54 Å². The molecule has 3 rings (SSSR count). The van der Waals surface area contributed by atoms with Crippen molar-refractivity contribution in [3.05, 3.63) is 82.3 Å². The summed E-state index contributed by atoms with van der Waals surface area (Å²) in [7, 11) is -7.84. The lowest BCUT2D eigenvalue weighted by atomic mass is 10.1. The number of nitrogens with zero attached hydrogens (tertiary/aromatic N) is 1. The number of amides is 1. The van der Waals surface area contributed by atoms with Gasteiger partial charge in [0.25, 0.3) is 10.0 Å². The molecule has 13 heteroatoms. The highest BCUT2D eigenvalue weighted by Gasteiger charge is 2.22. The Morgan fingerprint density at radius 2 is 1.58 bits per heavy atom. The Morgan fingerprint density at radius 3 is 2.17 bits per heavy atom. The average molecular weight is 570 g/mol. The van der Waals surface area contributed by atoms with Gasteiger partial charge in [-0.05, 0) is 61.5 Å². The van der Waals surface area contributed by atoms with Crippen LogP contribution in [0.1, 0.15) is 17.3 Å². The van der Waals surface area contributed by atoms with Crippen molar-refractivity contribution in [3.63, 3.8) is 0 Å². The molecule has 0 radical (unpaired) electrons. The van der Waals surface area contributed by atoms with Crippen LogP contribution in [-0.2, 0) is 24.8 Å². The lowest BCUT2D eigenvalue weighted by Crippen LogP contribution is -2.37. The Balaban J connectivity index is 1.74. The summed E-state index contributed by atoms with van der Waals surface area (Å²) in [6, 6.07) is 15.5. The highest BCUT2D eigenvalue weighted by molar-refractivity contribution is 7.92. The zero-order valence-corrected chi connectivity index (χ0v) is 22.2. The average Bonchev–Trinajstić information content (AvgIpc) is 2.79. The summed E-state index contributed by atoms with van der Waals surface area (Å²) in [6.07, 6.45) is 0.945. The smallest absolute Gasteiger partial charge is 0.261 e. The number of benzene rings is 3. The largest absolute Gasteiger partial charge is 0.325 e. The number of sulfonamides is 2. The number of carbonyl (C=O) groups excluding carboxylic acids is 2. The SMILES string of the molecule is CC(=O)c1cccc(N(CC(=O)Nc2ccc(S(=O)(=O)Nc3ccc(Cl)cc3Cl)cc2)S(C)(=O)=O)c1. The number of hydrogen-bond donors (Lipinski definition) is 2. The van der Waals surface area contributed by atoms with E-state index in [0.717, 1.165) is 10.6 Å². The number of carbonyl (C=O) groups is 2. The minimum Gasteiger partial charge on any atom is -0.325 e. The molecule has 1 amide bonds. The van der Waals surface area contributed by atoms with E-state index < -0.39 is 32.5 Å². The molecule has 0 atom stereocenters. The quantitative estimate of drug-likeness (QED) is 0.367. The minimum absolute atomic E-state index is 0.0923. The Kier molecular flexibility index (Phi) is 8.29. The van der Waals surface area contributed by atoms with E-state index in [-0.39, 0.29) is 32.8 Å². The third-order valence-electron chi connectivity index (χ3n) is 4.85. The van der Waals surface area contributed by atoms with Crippen LogP contribution in [0.25, 0.3) is 0 Å². The highest BCUT2D eigenvalue weighted by Crippen LogP contribution is 2.28. The maximum Gasteiger partial charge on any atom is 0.261 e. The summed E-state index contributed by atoms with van der Waals surface area (Å²) >= 11 is 11.9. The van der Waals surface area contributed by atoms with Crippen molar-refractivity contribution < 1.29 is 26.4 Å². The molecule has 0 saturated carbocycles. The van der Waals surface area contributed by atoms with E-state index in [0.29, 0.717) is 10.6 Å². The first-order valence-electron chi connectivity index (χ1n) is 10.2. The van der Waals surface area contributed by atoms with Crippen molar-refractivity contribution in [2.45, 2.75) is 11.8 Å². The highest BCUT2D eigenvalue weighted by atomic mass is 35.5. The predicted molar refractivity (Wildman–Crippen MR) is 141 cm³/mol. The monoisotopic (exact) mass is 569 g/mol. The molecule has 0 fully saturated rings. The second-order valence-corrected chi connectivity index (χ2v) is 12.1. The predicted octanol–water partition coefficient (Wildman–Crippen LogP) is 4.40. The van der Waals surface area contributed by atoms with Gasteiger partial charge in [0.2, 0.25) is 15.9 Å². The van der Waals surface area contributed by atoms with Crippen LogP contribution in [0.5, 0.6) is 0 Å². The van der Waals surface area contributed by atoms with Gasteiger partial charge in [0, 0.05) is 16.3 Å². The van der Waals surface area contributed by atoms with E-state index >= 15 is 0 Å². The van der Waals surface area contributed by atoms with Crippen molar-refractivity contribution in [2.75, 3.05) is 27.1 Å². The van der Waals surface area contributed by atoms with Crippen molar-refractivity contribution in [1.82, 2.24) is 0 Å². The molecule has 36 heavy (non-hydrogen) atoms. The van der Waals surface area contributed by atoms with Gasteiger partial charge in [-0.15, -0.1) is 0 Å². The van der Waals surface area contributed by atoms with Gasteiger partial charge in [-0.3, -0.25) is 18.6 Å². The number of nitrogens with one attached hydrogen (secondary N) is 2. The Bertz CT molecular complexity index is 1530. The summed E-state index contributed by atoms with van der Waals surface area (Å²) < 4.78 is 53.2. The molecule has 2 N–H and O–H groups in total. The molecule has 3 aromatic rings. The van der Waals surface area contributed by atoms with Gasteiger partial charge in [-0.1, -0.05) is 35.3 Å². The summed E-state index contributed by atoms with van der Waals surface area (Å²) in [5.74, 6) is -0.923. The summed E-state index contributed by atoms with van der Waals surface area (Å²) in [5.41, 5.74) is 0.850. The number of Topliss-reactive ketones (excluding diaryl/α,β-unsaturated/α-hetero) is 1. The van der Waals surface area contributed by atoms with Crippen LogP contribution in [0, 0.1) is 0 Å². The molecular formula is C23H21Cl2N3O6S2. The third kappa shape index (κ3) is 6.97. The standard InChI is InChI=1S/C23H21Cl2N3O6S2/c1-15(29)16-4-3-5-19(12-16)28(35(2,31)32)14-23(30)26-18-7-9-20(10-8-18)36(33,34)27-22-11-6-17(24)13-21(22)25/h3-13,27H,14H2,1-2H3,(H,26,30). The van der Waals surface area contributed by atoms with Crippen LogP contribution < -0.4 is 14.3 Å². The van der Waals surface area contributed by atoms with Gasteiger partial charge in [0.15, 0.2) is 5.78 Å². The van der Waals surface area contributed by atoms with E-state index in [1.54, 1.807) is 0 Å². The Hall–Kier alpha value is -3.12. The Morgan fingerprint density at radius 1 is 0.917 bits per heavy atom. The number of halogens is 2.